The van der Waals surface area contributed by atoms with Crippen molar-refractivity contribution < 1.29 is 4.39 Å². The number of rotatable bonds is 4. The molecule has 0 rings (SSSR count). The van der Waals surface area contributed by atoms with Gasteiger partial charge in [-0.15, -0.1) is 12.3 Å². The second kappa shape index (κ2) is 5.20. The van der Waals surface area contributed by atoms with Gasteiger partial charge in [-0.2, -0.15) is 0 Å². The van der Waals surface area contributed by atoms with E-state index in [0.29, 0.717) is 0 Å². The molecule has 0 radical (unpaired) electrons. The van der Waals surface area contributed by atoms with Crippen LogP contribution in [0.15, 0.2) is 11.6 Å². The lowest BCUT2D eigenvalue weighted by molar-refractivity contribution is 0.133. The zero-order valence-electron chi connectivity index (χ0n) is 9.89. The molecular formula is C13H21F. The summed E-state index contributed by atoms with van der Waals surface area (Å²) < 4.78 is 13.8. The summed E-state index contributed by atoms with van der Waals surface area (Å²) in [5, 5.41) is 0. The first-order valence-electron chi connectivity index (χ1n) is 5.15. The Kier molecular flexibility index (Phi) is 4.91. The van der Waals surface area contributed by atoms with Crippen LogP contribution in [-0.2, 0) is 0 Å². The van der Waals surface area contributed by atoms with Gasteiger partial charge in [-0.25, -0.2) is 4.39 Å². The van der Waals surface area contributed by atoms with Crippen LogP contribution in [0.3, 0.4) is 0 Å². The molecule has 0 aromatic heterocycles. The molecule has 0 aromatic carbocycles. The molecule has 0 amide bonds. The van der Waals surface area contributed by atoms with E-state index in [1.807, 2.05) is 19.9 Å². The Bertz CT molecular complexity index is 237. The van der Waals surface area contributed by atoms with Crippen molar-refractivity contribution in [3.63, 3.8) is 0 Å². The molecule has 1 heteroatoms. The van der Waals surface area contributed by atoms with Gasteiger partial charge < -0.3 is 0 Å². The van der Waals surface area contributed by atoms with Gasteiger partial charge in [0.25, 0.3) is 0 Å². The standard InChI is InChI=1S/C13H21F/c1-7-10(3)9-12(11(4)8-2)13(5,6)14/h2,9,11-12H,7H2,1,3-6H3/b10-9-. The van der Waals surface area contributed by atoms with Crippen molar-refractivity contribution in [1.29, 1.82) is 0 Å². The minimum atomic E-state index is -1.25. The predicted octanol–water partition coefficient (Wildman–Crippen LogP) is 3.98. The molecule has 0 aliphatic rings. The van der Waals surface area contributed by atoms with Gasteiger partial charge in [0.2, 0.25) is 0 Å². The quantitative estimate of drug-likeness (QED) is 0.471. The van der Waals surface area contributed by atoms with Gasteiger partial charge in [0, 0.05) is 11.8 Å². The van der Waals surface area contributed by atoms with E-state index in [4.69, 9.17) is 6.42 Å². The topological polar surface area (TPSA) is 0 Å². The molecule has 14 heavy (non-hydrogen) atoms. The smallest absolute Gasteiger partial charge is 0.112 e. The largest absolute Gasteiger partial charge is 0.244 e. The number of terminal acetylenes is 1. The second-order valence-electron chi connectivity index (χ2n) is 4.41. The first-order chi connectivity index (χ1) is 6.32. The van der Waals surface area contributed by atoms with E-state index >= 15 is 0 Å². The molecule has 0 saturated carbocycles. The minimum Gasteiger partial charge on any atom is -0.244 e. The highest BCUT2D eigenvalue weighted by Crippen LogP contribution is 2.30. The van der Waals surface area contributed by atoms with E-state index in [9.17, 15) is 4.39 Å². The van der Waals surface area contributed by atoms with E-state index in [1.54, 1.807) is 13.8 Å². The Morgan fingerprint density at radius 1 is 1.57 bits per heavy atom. The van der Waals surface area contributed by atoms with E-state index in [1.165, 1.54) is 5.57 Å². The average molecular weight is 196 g/mol. The molecule has 80 valence electrons. The molecule has 0 N–H and O–H groups in total. The summed E-state index contributed by atoms with van der Waals surface area (Å²) in [6.07, 6.45) is 8.27. The normalized spacial score (nSPS) is 17.4. The molecule has 0 aromatic rings. The number of halogens is 1. The second-order valence-corrected chi connectivity index (χ2v) is 4.41. The molecule has 2 atom stereocenters. The highest BCUT2D eigenvalue weighted by atomic mass is 19.1. The summed E-state index contributed by atoms with van der Waals surface area (Å²) >= 11 is 0. The molecule has 0 spiro atoms. The zero-order valence-corrected chi connectivity index (χ0v) is 9.89. The first-order valence-corrected chi connectivity index (χ1v) is 5.15. The van der Waals surface area contributed by atoms with Gasteiger partial charge in [-0.05, 0) is 27.2 Å². The van der Waals surface area contributed by atoms with E-state index in [-0.39, 0.29) is 11.8 Å². The Morgan fingerprint density at radius 3 is 2.36 bits per heavy atom. The fourth-order valence-corrected chi connectivity index (χ4v) is 1.47. The number of allylic oxidation sites excluding steroid dienone is 2. The molecule has 0 bridgehead atoms. The number of hydrogen-bond acceptors (Lipinski definition) is 0. The molecule has 0 fully saturated rings. The zero-order chi connectivity index (χ0) is 11.4. The summed E-state index contributed by atoms with van der Waals surface area (Å²) in [7, 11) is 0. The number of hydrogen-bond donors (Lipinski definition) is 0. The molecule has 0 aliphatic carbocycles. The third-order valence-corrected chi connectivity index (χ3v) is 2.62. The van der Waals surface area contributed by atoms with E-state index in [0.717, 1.165) is 6.42 Å². The Morgan fingerprint density at radius 2 is 2.07 bits per heavy atom. The van der Waals surface area contributed by atoms with Crippen molar-refractivity contribution in [2.24, 2.45) is 11.8 Å². The monoisotopic (exact) mass is 196 g/mol. The van der Waals surface area contributed by atoms with Crippen LogP contribution < -0.4 is 0 Å². The molecule has 0 saturated heterocycles. The minimum absolute atomic E-state index is 0.0588. The van der Waals surface area contributed by atoms with Crippen molar-refractivity contribution in [2.75, 3.05) is 0 Å². The van der Waals surface area contributed by atoms with Crippen LogP contribution in [0.1, 0.15) is 41.0 Å². The van der Waals surface area contributed by atoms with Crippen LogP contribution in [0.2, 0.25) is 0 Å². The fourth-order valence-electron chi connectivity index (χ4n) is 1.47. The molecule has 0 aliphatic heterocycles. The maximum absolute atomic E-state index is 13.8. The molecule has 0 heterocycles. The van der Waals surface area contributed by atoms with Crippen LogP contribution in [0.4, 0.5) is 4.39 Å². The van der Waals surface area contributed by atoms with Crippen molar-refractivity contribution in [2.45, 2.75) is 46.7 Å². The first kappa shape index (κ1) is 13.2. The van der Waals surface area contributed by atoms with Crippen molar-refractivity contribution in [1.82, 2.24) is 0 Å². The Balaban J connectivity index is 4.86. The van der Waals surface area contributed by atoms with Crippen LogP contribution in [0, 0.1) is 24.2 Å². The van der Waals surface area contributed by atoms with Gasteiger partial charge in [-0.1, -0.05) is 25.5 Å². The van der Waals surface area contributed by atoms with E-state index < -0.39 is 5.67 Å². The highest BCUT2D eigenvalue weighted by molar-refractivity contribution is 5.11. The van der Waals surface area contributed by atoms with Gasteiger partial charge in [-0.3, -0.25) is 0 Å². The molecule has 2 unspecified atom stereocenters. The van der Waals surface area contributed by atoms with Crippen LogP contribution >= 0.6 is 0 Å². The fraction of sp³-hybridized carbons (Fsp3) is 0.692. The summed E-state index contributed by atoms with van der Waals surface area (Å²) in [6, 6.07) is 0. The van der Waals surface area contributed by atoms with Gasteiger partial charge in [0.1, 0.15) is 5.67 Å². The Labute approximate surface area is 87.6 Å². The van der Waals surface area contributed by atoms with Crippen LogP contribution in [-0.4, -0.2) is 5.67 Å². The SMILES string of the molecule is C#CC(C)C(/C=C(/C)CC)C(C)(C)F. The summed E-state index contributed by atoms with van der Waals surface area (Å²) in [4.78, 5) is 0. The lowest BCUT2D eigenvalue weighted by Crippen LogP contribution is -2.29. The van der Waals surface area contributed by atoms with Crippen molar-refractivity contribution in [3.8, 4) is 12.3 Å². The molecular weight excluding hydrogens is 175 g/mol. The van der Waals surface area contributed by atoms with E-state index in [2.05, 4.69) is 12.8 Å². The Hall–Kier alpha value is -0.770. The summed E-state index contributed by atoms with van der Waals surface area (Å²) in [6.45, 7) is 9.15. The lowest BCUT2D eigenvalue weighted by Gasteiger charge is -2.27. The maximum Gasteiger partial charge on any atom is 0.112 e. The lowest BCUT2D eigenvalue weighted by atomic mass is 9.81. The summed E-state index contributed by atoms with van der Waals surface area (Å²) in [5.74, 6) is 2.37. The van der Waals surface area contributed by atoms with Crippen LogP contribution in [0.5, 0.6) is 0 Å². The predicted molar refractivity (Wildman–Crippen MR) is 60.7 cm³/mol. The number of alkyl halides is 1. The highest BCUT2D eigenvalue weighted by Gasteiger charge is 2.30. The third-order valence-electron chi connectivity index (χ3n) is 2.62. The average Bonchev–Trinajstić information content (AvgIpc) is 2.10. The van der Waals surface area contributed by atoms with Gasteiger partial charge in [0.05, 0.1) is 0 Å². The summed E-state index contributed by atoms with van der Waals surface area (Å²) in [5.41, 5.74) is -0.0507. The molecule has 0 nitrogen and oxygen atoms in total. The van der Waals surface area contributed by atoms with Gasteiger partial charge in [0.15, 0.2) is 0 Å². The van der Waals surface area contributed by atoms with Crippen molar-refractivity contribution in [3.05, 3.63) is 11.6 Å². The third kappa shape index (κ3) is 3.96. The van der Waals surface area contributed by atoms with Crippen LogP contribution in [0.25, 0.3) is 0 Å². The van der Waals surface area contributed by atoms with Gasteiger partial charge >= 0.3 is 0 Å². The maximum atomic E-state index is 13.8. The van der Waals surface area contributed by atoms with Crippen molar-refractivity contribution >= 4 is 0 Å².